The van der Waals surface area contributed by atoms with Crippen molar-refractivity contribution in [3.8, 4) is 0 Å². The van der Waals surface area contributed by atoms with Gasteiger partial charge in [0.1, 0.15) is 12.3 Å². The molecule has 2 fully saturated rings. The van der Waals surface area contributed by atoms with Gasteiger partial charge in [-0.2, -0.15) is 5.10 Å². The lowest BCUT2D eigenvalue weighted by Crippen LogP contribution is -2.46. The molecule has 7 heteroatoms. The number of aromatic nitrogens is 2. The fraction of sp³-hybridized carbons (Fsp3) is 0.688. The molecule has 2 saturated heterocycles. The maximum absolute atomic E-state index is 12.7. The molecule has 3 rings (SSSR count). The summed E-state index contributed by atoms with van der Waals surface area (Å²) in [4.78, 5) is 28.6. The molecule has 3 heterocycles. The summed E-state index contributed by atoms with van der Waals surface area (Å²) in [7, 11) is 1.77. The molecule has 23 heavy (non-hydrogen) atoms. The second-order valence-electron chi connectivity index (χ2n) is 6.92. The molecule has 0 aromatic carbocycles. The standard InChI is InChI=1S/C16H24N4O3/c1-12(2)20-10-16(11-23-8-14(20)21)5-7-19(9-16)15(22)13-4-6-17-18(13)3/h4,6,12H,5,7-11H2,1-3H3. The maximum atomic E-state index is 12.7. The van der Waals surface area contributed by atoms with E-state index >= 15 is 0 Å². The van der Waals surface area contributed by atoms with Gasteiger partial charge >= 0.3 is 0 Å². The Morgan fingerprint density at radius 3 is 2.83 bits per heavy atom. The van der Waals surface area contributed by atoms with Crippen LogP contribution in [0.25, 0.3) is 0 Å². The van der Waals surface area contributed by atoms with Gasteiger partial charge < -0.3 is 14.5 Å². The van der Waals surface area contributed by atoms with Crippen LogP contribution in [0.4, 0.5) is 0 Å². The quantitative estimate of drug-likeness (QED) is 0.797. The highest BCUT2D eigenvalue weighted by molar-refractivity contribution is 5.92. The molecule has 126 valence electrons. The molecule has 1 aromatic rings. The van der Waals surface area contributed by atoms with Crippen LogP contribution in [0.1, 0.15) is 30.8 Å². The van der Waals surface area contributed by atoms with E-state index in [0.717, 1.165) is 6.42 Å². The first-order chi connectivity index (χ1) is 10.9. The Bertz CT molecular complexity index is 612. The number of amides is 2. The van der Waals surface area contributed by atoms with E-state index in [1.807, 2.05) is 23.6 Å². The second kappa shape index (κ2) is 5.96. The van der Waals surface area contributed by atoms with Gasteiger partial charge in [-0.15, -0.1) is 0 Å². The predicted octanol–water partition coefficient (Wildman–Crippen LogP) is 0.520. The number of aryl methyl sites for hydroxylation is 1. The van der Waals surface area contributed by atoms with Crippen molar-refractivity contribution in [2.45, 2.75) is 26.3 Å². The van der Waals surface area contributed by atoms with Crippen LogP contribution in [0.5, 0.6) is 0 Å². The van der Waals surface area contributed by atoms with E-state index in [4.69, 9.17) is 4.74 Å². The van der Waals surface area contributed by atoms with Crippen LogP contribution >= 0.6 is 0 Å². The van der Waals surface area contributed by atoms with Crippen molar-refractivity contribution in [1.82, 2.24) is 19.6 Å². The maximum Gasteiger partial charge on any atom is 0.272 e. The van der Waals surface area contributed by atoms with Crippen molar-refractivity contribution in [2.24, 2.45) is 12.5 Å². The second-order valence-corrected chi connectivity index (χ2v) is 6.92. The van der Waals surface area contributed by atoms with Crippen molar-refractivity contribution in [3.05, 3.63) is 18.0 Å². The molecule has 2 aliphatic rings. The van der Waals surface area contributed by atoms with E-state index < -0.39 is 0 Å². The minimum Gasteiger partial charge on any atom is -0.371 e. The summed E-state index contributed by atoms with van der Waals surface area (Å²) in [5, 5.41) is 4.06. The number of carbonyl (C=O) groups excluding carboxylic acids is 2. The Morgan fingerprint density at radius 1 is 1.39 bits per heavy atom. The van der Waals surface area contributed by atoms with E-state index in [1.165, 1.54) is 0 Å². The predicted molar refractivity (Wildman–Crippen MR) is 83.8 cm³/mol. The minimum absolute atomic E-state index is 0.00598. The summed E-state index contributed by atoms with van der Waals surface area (Å²) < 4.78 is 7.22. The lowest BCUT2D eigenvalue weighted by atomic mass is 9.87. The van der Waals surface area contributed by atoms with Crippen LogP contribution in [0.3, 0.4) is 0 Å². The summed E-state index contributed by atoms with van der Waals surface area (Å²) in [5.41, 5.74) is 0.429. The molecule has 1 spiro atoms. The SMILES string of the molecule is CC(C)N1CC2(CCN(C(=O)c3ccnn3C)C2)COCC1=O. The third kappa shape index (κ3) is 2.97. The molecule has 1 atom stereocenters. The van der Waals surface area contributed by atoms with E-state index in [2.05, 4.69) is 5.10 Å². The highest BCUT2D eigenvalue weighted by atomic mass is 16.5. The van der Waals surface area contributed by atoms with Gasteiger partial charge in [-0.3, -0.25) is 14.3 Å². The molecule has 2 amide bonds. The highest BCUT2D eigenvalue weighted by Crippen LogP contribution is 2.34. The van der Waals surface area contributed by atoms with Gasteiger partial charge in [0.05, 0.1) is 6.61 Å². The molecule has 2 aliphatic heterocycles. The average Bonchev–Trinajstić information content (AvgIpc) is 3.06. The van der Waals surface area contributed by atoms with Crippen LogP contribution in [-0.4, -0.2) is 70.3 Å². The number of hydrogen-bond acceptors (Lipinski definition) is 4. The molecule has 0 N–H and O–H groups in total. The van der Waals surface area contributed by atoms with Crippen LogP contribution in [-0.2, 0) is 16.6 Å². The summed E-state index contributed by atoms with van der Waals surface area (Å²) in [5.74, 6) is 0.0295. The molecule has 7 nitrogen and oxygen atoms in total. The zero-order valence-corrected chi connectivity index (χ0v) is 14.0. The lowest BCUT2D eigenvalue weighted by Gasteiger charge is -2.34. The molecule has 0 radical (unpaired) electrons. The molecular weight excluding hydrogens is 296 g/mol. The van der Waals surface area contributed by atoms with Crippen LogP contribution in [0.2, 0.25) is 0 Å². The van der Waals surface area contributed by atoms with Gasteiger partial charge in [-0.1, -0.05) is 0 Å². The highest BCUT2D eigenvalue weighted by Gasteiger charge is 2.44. The number of hydrogen-bond donors (Lipinski definition) is 0. The number of rotatable bonds is 2. The van der Waals surface area contributed by atoms with Gasteiger partial charge in [0.15, 0.2) is 0 Å². The number of likely N-dealkylation sites (tertiary alicyclic amines) is 1. The Balaban J connectivity index is 1.76. The molecule has 0 bridgehead atoms. The first-order valence-electron chi connectivity index (χ1n) is 8.06. The van der Waals surface area contributed by atoms with E-state index in [9.17, 15) is 9.59 Å². The van der Waals surface area contributed by atoms with Crippen molar-refractivity contribution in [2.75, 3.05) is 32.8 Å². The topological polar surface area (TPSA) is 67.7 Å². The zero-order chi connectivity index (χ0) is 16.6. The largest absolute Gasteiger partial charge is 0.371 e. The van der Waals surface area contributed by atoms with Crippen LogP contribution in [0.15, 0.2) is 12.3 Å². The Morgan fingerprint density at radius 2 is 2.17 bits per heavy atom. The fourth-order valence-corrected chi connectivity index (χ4v) is 3.50. The first kappa shape index (κ1) is 16.0. The van der Waals surface area contributed by atoms with Gasteiger partial charge in [-0.05, 0) is 26.3 Å². The number of ether oxygens (including phenoxy) is 1. The lowest BCUT2D eigenvalue weighted by molar-refractivity contribution is -0.135. The Kier molecular flexibility index (Phi) is 4.14. The van der Waals surface area contributed by atoms with Crippen molar-refractivity contribution in [3.63, 3.8) is 0 Å². The average molecular weight is 320 g/mol. The monoisotopic (exact) mass is 320 g/mol. The number of carbonyl (C=O) groups is 2. The molecular formula is C16H24N4O3. The molecule has 0 aliphatic carbocycles. The molecule has 0 saturated carbocycles. The minimum atomic E-state index is -0.162. The van der Waals surface area contributed by atoms with Gasteiger partial charge in [0.2, 0.25) is 5.91 Å². The summed E-state index contributed by atoms with van der Waals surface area (Å²) in [6.45, 7) is 6.65. The van der Waals surface area contributed by atoms with Crippen molar-refractivity contribution >= 4 is 11.8 Å². The first-order valence-corrected chi connectivity index (χ1v) is 8.06. The van der Waals surface area contributed by atoms with Gasteiger partial charge in [0, 0.05) is 44.3 Å². The summed E-state index contributed by atoms with van der Waals surface area (Å²) in [6.07, 6.45) is 2.49. The normalized spacial score (nSPS) is 25.5. The van der Waals surface area contributed by atoms with Crippen molar-refractivity contribution < 1.29 is 14.3 Å². The zero-order valence-electron chi connectivity index (χ0n) is 14.0. The fourth-order valence-electron chi connectivity index (χ4n) is 3.50. The van der Waals surface area contributed by atoms with Gasteiger partial charge in [0.25, 0.3) is 5.91 Å². The van der Waals surface area contributed by atoms with E-state index in [1.54, 1.807) is 24.0 Å². The van der Waals surface area contributed by atoms with E-state index in [-0.39, 0.29) is 29.9 Å². The Labute approximate surface area is 136 Å². The van der Waals surface area contributed by atoms with Crippen LogP contribution < -0.4 is 0 Å². The number of nitrogens with zero attached hydrogens (tertiary/aromatic N) is 4. The van der Waals surface area contributed by atoms with Crippen LogP contribution in [0, 0.1) is 5.41 Å². The molecule has 1 unspecified atom stereocenters. The van der Waals surface area contributed by atoms with E-state index in [0.29, 0.717) is 31.9 Å². The Hall–Kier alpha value is -1.89. The molecule has 1 aromatic heterocycles. The van der Waals surface area contributed by atoms with Crippen molar-refractivity contribution in [1.29, 1.82) is 0 Å². The third-order valence-electron chi connectivity index (χ3n) is 4.85. The summed E-state index contributed by atoms with van der Waals surface area (Å²) in [6, 6.07) is 1.88. The van der Waals surface area contributed by atoms with Gasteiger partial charge in [-0.25, -0.2) is 0 Å². The third-order valence-corrected chi connectivity index (χ3v) is 4.85. The smallest absolute Gasteiger partial charge is 0.272 e. The summed E-state index contributed by atoms with van der Waals surface area (Å²) >= 11 is 0.